The number of hydrogen-bond acceptors (Lipinski definition) is 8. The summed E-state index contributed by atoms with van der Waals surface area (Å²) in [5.74, 6) is 13.9. The van der Waals surface area contributed by atoms with Crippen molar-refractivity contribution in [3.63, 3.8) is 0 Å². The van der Waals surface area contributed by atoms with E-state index in [9.17, 15) is 9.59 Å². The lowest BCUT2D eigenvalue weighted by Crippen LogP contribution is -2.03. The third-order valence-corrected chi connectivity index (χ3v) is 8.60. The minimum Gasteiger partial charge on any atom is -0.473 e. The van der Waals surface area contributed by atoms with Crippen LogP contribution in [0.25, 0.3) is 0 Å². The van der Waals surface area contributed by atoms with E-state index in [-0.39, 0.29) is 0 Å². The Hall–Kier alpha value is -5.15. The van der Waals surface area contributed by atoms with Gasteiger partial charge in [0.2, 0.25) is 5.88 Å². The van der Waals surface area contributed by atoms with Gasteiger partial charge < -0.3 is 14.2 Å². The first kappa shape index (κ1) is 35.7. The number of nitrogens with zero attached hydrogens (tertiary/aromatic N) is 1. The maximum absolute atomic E-state index is 11.1. The van der Waals surface area contributed by atoms with Crippen molar-refractivity contribution < 1.29 is 23.8 Å². The molecule has 0 aliphatic rings. The van der Waals surface area contributed by atoms with Crippen LogP contribution in [0.15, 0.2) is 114 Å². The quantitative estimate of drug-likeness (QED) is 0.0470. The van der Waals surface area contributed by atoms with Gasteiger partial charge in [0, 0.05) is 68.0 Å². The fraction of sp³-hybridized carbons (Fsp3) is 0.175. The van der Waals surface area contributed by atoms with Gasteiger partial charge in [0.15, 0.2) is 0 Å². The van der Waals surface area contributed by atoms with Crippen LogP contribution in [0.2, 0.25) is 0 Å². The van der Waals surface area contributed by atoms with Crippen molar-refractivity contribution in [3.05, 3.63) is 143 Å². The molecular formula is C40H35NO5S2. The van der Waals surface area contributed by atoms with Gasteiger partial charge in [-0.2, -0.15) is 0 Å². The van der Waals surface area contributed by atoms with E-state index in [4.69, 9.17) is 14.2 Å². The highest BCUT2D eigenvalue weighted by molar-refractivity contribution is 7.99. The molecule has 0 bridgehead atoms. The number of carbonyl (C=O) groups is 2. The topological polar surface area (TPSA) is 74.7 Å². The van der Waals surface area contributed by atoms with Crippen LogP contribution in [0.4, 0.5) is 0 Å². The molecule has 0 fully saturated rings. The molecule has 0 radical (unpaired) electrons. The average molecular weight is 674 g/mol. The Labute approximate surface area is 291 Å². The second-order valence-corrected chi connectivity index (χ2v) is 12.6. The Morgan fingerprint density at radius 3 is 1.71 bits per heavy atom. The first-order valence-corrected chi connectivity index (χ1v) is 17.1. The van der Waals surface area contributed by atoms with Gasteiger partial charge in [0.1, 0.15) is 19.8 Å². The van der Waals surface area contributed by atoms with Crippen molar-refractivity contribution in [2.24, 2.45) is 0 Å². The van der Waals surface area contributed by atoms with Crippen LogP contribution in [-0.4, -0.2) is 41.6 Å². The van der Waals surface area contributed by atoms with E-state index < -0.39 is 11.9 Å². The van der Waals surface area contributed by atoms with Gasteiger partial charge in [-0.05, 0) is 85.1 Å². The lowest BCUT2D eigenvalue weighted by molar-refractivity contribution is -0.138. The van der Waals surface area contributed by atoms with Crippen LogP contribution in [0, 0.1) is 37.5 Å². The van der Waals surface area contributed by atoms with E-state index >= 15 is 0 Å². The molecule has 0 aliphatic heterocycles. The molecule has 1 heterocycles. The maximum Gasteiger partial charge on any atom is 0.330 e. The number of aryl methyl sites for hydroxylation is 2. The Morgan fingerprint density at radius 1 is 0.708 bits per heavy atom. The molecule has 0 N–H and O–H groups in total. The number of pyridine rings is 1. The van der Waals surface area contributed by atoms with E-state index in [1.54, 1.807) is 29.7 Å². The van der Waals surface area contributed by atoms with Crippen molar-refractivity contribution in [1.29, 1.82) is 0 Å². The Balaban J connectivity index is 1.23. The second kappa shape index (κ2) is 18.9. The molecule has 4 aromatic rings. The maximum atomic E-state index is 11.1. The molecule has 8 heteroatoms. The SMILES string of the molecule is C=CC(=O)OCCSc1ccc(C#Cc2ccc(COc3ccc(C#Cc4ccc(SCCOC(=O)C=C)cc4C)cn3)cc2)c(C)c1. The number of benzene rings is 3. The van der Waals surface area contributed by atoms with Gasteiger partial charge in [-0.25, -0.2) is 14.6 Å². The third kappa shape index (κ3) is 11.9. The zero-order chi connectivity index (χ0) is 34.1. The molecule has 0 aliphatic carbocycles. The van der Waals surface area contributed by atoms with Crippen molar-refractivity contribution in [2.75, 3.05) is 24.7 Å². The molecular weight excluding hydrogens is 639 g/mol. The predicted molar refractivity (Wildman–Crippen MR) is 193 cm³/mol. The predicted octanol–water partition coefficient (Wildman–Crippen LogP) is 7.72. The van der Waals surface area contributed by atoms with Crippen LogP contribution < -0.4 is 4.74 Å². The molecule has 0 amide bonds. The summed E-state index contributed by atoms with van der Waals surface area (Å²) in [5, 5.41) is 0. The monoisotopic (exact) mass is 673 g/mol. The van der Waals surface area contributed by atoms with Gasteiger partial charge in [0.25, 0.3) is 0 Å². The number of rotatable bonds is 13. The standard InChI is InChI=1S/C40H35NO5S2/c1-5-39(42)44-21-23-47-36-18-16-34(29(3)25-36)14-11-31-7-9-33(10-8-31)28-46-38-20-13-32(27-41-38)12-15-35-17-19-37(26-30(35)4)48-24-22-45-40(43)6-2/h5-10,13,16-20,25-27H,1-2,21-24,28H2,3-4H3. The molecule has 0 atom stereocenters. The van der Waals surface area contributed by atoms with E-state index in [1.165, 1.54) is 12.2 Å². The number of thioether (sulfide) groups is 2. The van der Waals surface area contributed by atoms with Crippen LogP contribution in [0.3, 0.4) is 0 Å². The fourth-order valence-electron chi connectivity index (χ4n) is 4.11. The number of aromatic nitrogens is 1. The van der Waals surface area contributed by atoms with Gasteiger partial charge in [-0.1, -0.05) is 49.0 Å². The van der Waals surface area contributed by atoms with Crippen molar-refractivity contribution in [2.45, 2.75) is 30.2 Å². The number of ether oxygens (including phenoxy) is 3. The third-order valence-electron chi connectivity index (χ3n) is 6.68. The smallest absolute Gasteiger partial charge is 0.330 e. The lowest BCUT2D eigenvalue weighted by atomic mass is 10.1. The summed E-state index contributed by atoms with van der Waals surface area (Å²) in [5.41, 5.74) is 6.79. The van der Waals surface area contributed by atoms with E-state index in [1.807, 2.05) is 74.5 Å². The summed E-state index contributed by atoms with van der Waals surface area (Å²) in [6.07, 6.45) is 4.04. The van der Waals surface area contributed by atoms with Crippen LogP contribution in [-0.2, 0) is 25.7 Å². The van der Waals surface area contributed by atoms with E-state index in [2.05, 4.69) is 54.0 Å². The lowest BCUT2D eigenvalue weighted by Gasteiger charge is -2.06. The summed E-state index contributed by atoms with van der Waals surface area (Å²) in [4.78, 5) is 28.9. The summed E-state index contributed by atoms with van der Waals surface area (Å²) < 4.78 is 15.9. The Bertz CT molecular complexity index is 1740. The first-order chi connectivity index (χ1) is 23.3. The zero-order valence-corrected chi connectivity index (χ0v) is 28.5. The highest BCUT2D eigenvalue weighted by Gasteiger charge is 2.03. The highest BCUT2D eigenvalue weighted by Crippen LogP contribution is 2.22. The molecule has 4 rings (SSSR count). The summed E-state index contributed by atoms with van der Waals surface area (Å²) >= 11 is 3.25. The van der Waals surface area contributed by atoms with Crippen LogP contribution >= 0.6 is 23.5 Å². The van der Waals surface area contributed by atoms with Gasteiger partial charge in [-0.15, -0.1) is 23.5 Å². The zero-order valence-electron chi connectivity index (χ0n) is 26.9. The van der Waals surface area contributed by atoms with Crippen molar-refractivity contribution in [3.8, 4) is 29.6 Å². The average Bonchev–Trinajstić information content (AvgIpc) is 3.11. The van der Waals surface area contributed by atoms with Crippen molar-refractivity contribution >= 4 is 35.5 Å². The van der Waals surface area contributed by atoms with E-state index in [0.29, 0.717) is 37.2 Å². The molecule has 1 aromatic heterocycles. The normalized spacial score (nSPS) is 10.0. The first-order valence-electron chi connectivity index (χ1n) is 15.1. The fourth-order valence-corrected chi connectivity index (χ4v) is 5.77. The summed E-state index contributed by atoms with van der Waals surface area (Å²) in [6, 6.07) is 23.9. The molecule has 0 spiro atoms. The van der Waals surface area contributed by atoms with Crippen LogP contribution in [0.5, 0.6) is 5.88 Å². The van der Waals surface area contributed by atoms with E-state index in [0.717, 1.165) is 48.7 Å². The highest BCUT2D eigenvalue weighted by atomic mass is 32.2. The molecule has 242 valence electrons. The largest absolute Gasteiger partial charge is 0.473 e. The minimum atomic E-state index is -0.408. The molecule has 0 unspecified atom stereocenters. The van der Waals surface area contributed by atoms with Gasteiger partial charge in [-0.3, -0.25) is 0 Å². The number of carbonyl (C=O) groups excluding carboxylic acids is 2. The van der Waals surface area contributed by atoms with Crippen molar-refractivity contribution in [1.82, 2.24) is 4.98 Å². The molecule has 6 nitrogen and oxygen atoms in total. The summed E-state index contributed by atoms with van der Waals surface area (Å²) in [7, 11) is 0. The Kier molecular flexibility index (Phi) is 14.0. The van der Waals surface area contributed by atoms with Gasteiger partial charge in [0.05, 0.1) is 0 Å². The Morgan fingerprint density at radius 2 is 1.23 bits per heavy atom. The summed E-state index contributed by atoms with van der Waals surface area (Å²) in [6.45, 7) is 11.9. The number of hydrogen-bond donors (Lipinski definition) is 0. The molecule has 0 saturated carbocycles. The van der Waals surface area contributed by atoms with Gasteiger partial charge >= 0.3 is 11.9 Å². The minimum absolute atomic E-state index is 0.336. The molecule has 3 aromatic carbocycles. The van der Waals surface area contributed by atoms with Crippen LogP contribution in [0.1, 0.15) is 38.9 Å². The molecule has 0 saturated heterocycles. The molecule has 48 heavy (non-hydrogen) atoms. The second-order valence-electron chi connectivity index (χ2n) is 10.3. The number of esters is 2.